The van der Waals surface area contributed by atoms with E-state index in [0.717, 1.165) is 16.8 Å². The fourth-order valence-corrected chi connectivity index (χ4v) is 3.69. The van der Waals surface area contributed by atoms with Crippen LogP contribution < -0.4 is 4.90 Å². The lowest BCUT2D eigenvalue weighted by Gasteiger charge is -2.25. The van der Waals surface area contributed by atoms with Crippen LogP contribution in [0.3, 0.4) is 0 Å². The highest BCUT2D eigenvalue weighted by molar-refractivity contribution is 9.08. The Bertz CT molecular complexity index is 705. The van der Waals surface area contributed by atoms with E-state index < -0.39 is 0 Å². The first kappa shape index (κ1) is 13.6. The predicted molar refractivity (Wildman–Crippen MR) is 89.0 cm³/mol. The molecule has 0 amide bonds. The van der Waals surface area contributed by atoms with Crippen LogP contribution in [-0.4, -0.2) is 16.4 Å². The number of aromatic nitrogens is 2. The van der Waals surface area contributed by atoms with E-state index in [1.165, 1.54) is 10.6 Å². The van der Waals surface area contributed by atoms with Gasteiger partial charge in [0.15, 0.2) is 5.82 Å². The molecule has 1 unspecified atom stereocenters. The minimum absolute atomic E-state index is 0.317. The maximum absolute atomic E-state index is 4.78. The molecule has 3 nitrogen and oxygen atoms in total. The quantitative estimate of drug-likeness (QED) is 0.647. The van der Waals surface area contributed by atoms with Crippen molar-refractivity contribution in [3.8, 4) is 0 Å². The van der Waals surface area contributed by atoms with Crippen molar-refractivity contribution in [1.82, 2.24) is 9.38 Å². The molecule has 0 N–H and O–H groups in total. The standard InChI is InChI=1S/C15H16BrN3S/c1-11(13-6-5-9-20-13)18(2)15-12(10-16)19-8-4-3-7-14(19)17-15/h3-9,11H,10H2,1-2H3. The second-order valence-corrected chi connectivity index (χ2v) is 6.29. The van der Waals surface area contributed by atoms with E-state index in [0.29, 0.717) is 6.04 Å². The predicted octanol–water partition coefficient (Wildman–Crippen LogP) is 4.49. The first-order chi connectivity index (χ1) is 9.72. The van der Waals surface area contributed by atoms with Crippen LogP contribution in [0.4, 0.5) is 5.82 Å². The van der Waals surface area contributed by atoms with Crippen molar-refractivity contribution in [2.75, 3.05) is 11.9 Å². The highest BCUT2D eigenvalue weighted by Gasteiger charge is 2.20. The van der Waals surface area contributed by atoms with Gasteiger partial charge >= 0.3 is 0 Å². The Hall–Kier alpha value is -1.33. The number of nitrogens with zero attached hydrogens (tertiary/aromatic N) is 3. The molecule has 0 aliphatic heterocycles. The largest absolute Gasteiger partial charge is 0.351 e. The molecular formula is C15H16BrN3S. The Morgan fingerprint density at radius 2 is 2.20 bits per heavy atom. The zero-order valence-corrected chi connectivity index (χ0v) is 13.9. The van der Waals surface area contributed by atoms with Gasteiger partial charge in [0.05, 0.1) is 11.7 Å². The van der Waals surface area contributed by atoms with Gasteiger partial charge in [-0.3, -0.25) is 0 Å². The fourth-order valence-electron chi connectivity index (χ4n) is 2.34. The zero-order chi connectivity index (χ0) is 14.1. The maximum atomic E-state index is 4.78. The van der Waals surface area contributed by atoms with E-state index in [1.807, 2.05) is 18.2 Å². The molecule has 3 heterocycles. The maximum Gasteiger partial charge on any atom is 0.152 e. The summed E-state index contributed by atoms with van der Waals surface area (Å²) in [5.74, 6) is 1.04. The molecule has 1 atom stereocenters. The van der Waals surface area contributed by atoms with E-state index in [4.69, 9.17) is 4.98 Å². The number of pyridine rings is 1. The Morgan fingerprint density at radius 1 is 1.35 bits per heavy atom. The van der Waals surface area contributed by atoms with Crippen molar-refractivity contribution in [3.05, 3.63) is 52.5 Å². The lowest BCUT2D eigenvalue weighted by atomic mass is 10.2. The SMILES string of the molecule is CC(c1cccs1)N(C)c1nc2ccccn2c1CBr. The van der Waals surface area contributed by atoms with Gasteiger partial charge in [-0.25, -0.2) is 4.98 Å². The third-order valence-electron chi connectivity index (χ3n) is 3.60. The van der Waals surface area contributed by atoms with Crippen LogP contribution in [0.5, 0.6) is 0 Å². The van der Waals surface area contributed by atoms with Gasteiger partial charge in [-0.1, -0.05) is 28.1 Å². The van der Waals surface area contributed by atoms with E-state index in [2.05, 4.69) is 62.9 Å². The van der Waals surface area contributed by atoms with E-state index in [-0.39, 0.29) is 0 Å². The van der Waals surface area contributed by atoms with Crippen molar-refractivity contribution in [1.29, 1.82) is 0 Å². The fraction of sp³-hybridized carbons (Fsp3) is 0.267. The number of rotatable bonds is 4. The van der Waals surface area contributed by atoms with E-state index in [9.17, 15) is 0 Å². The van der Waals surface area contributed by atoms with Crippen LogP contribution in [0.1, 0.15) is 23.5 Å². The zero-order valence-electron chi connectivity index (χ0n) is 11.5. The van der Waals surface area contributed by atoms with Crippen LogP contribution in [0.2, 0.25) is 0 Å². The van der Waals surface area contributed by atoms with Crippen molar-refractivity contribution >= 4 is 38.7 Å². The van der Waals surface area contributed by atoms with Crippen molar-refractivity contribution in [2.45, 2.75) is 18.3 Å². The third-order valence-corrected chi connectivity index (χ3v) is 5.18. The number of hydrogen-bond acceptors (Lipinski definition) is 3. The topological polar surface area (TPSA) is 20.5 Å². The number of hydrogen-bond donors (Lipinski definition) is 0. The molecule has 0 spiro atoms. The number of thiophene rings is 1. The van der Waals surface area contributed by atoms with Gasteiger partial charge in [-0.2, -0.15) is 0 Å². The van der Waals surface area contributed by atoms with Crippen LogP contribution in [0.15, 0.2) is 41.9 Å². The first-order valence-corrected chi connectivity index (χ1v) is 8.50. The summed E-state index contributed by atoms with van der Waals surface area (Å²) in [6.45, 7) is 2.22. The second kappa shape index (κ2) is 5.58. The van der Waals surface area contributed by atoms with Gasteiger partial charge in [-0.05, 0) is 30.5 Å². The molecule has 3 aromatic heterocycles. The minimum atomic E-state index is 0.317. The van der Waals surface area contributed by atoms with Crippen molar-refractivity contribution < 1.29 is 0 Å². The van der Waals surface area contributed by atoms with E-state index in [1.54, 1.807) is 11.3 Å². The smallest absolute Gasteiger partial charge is 0.152 e. The van der Waals surface area contributed by atoms with Gasteiger partial charge < -0.3 is 9.30 Å². The molecule has 0 aromatic carbocycles. The van der Waals surface area contributed by atoms with Gasteiger partial charge in [0.1, 0.15) is 5.65 Å². The molecule has 0 saturated heterocycles. The Kier molecular flexibility index (Phi) is 3.81. The summed E-state index contributed by atoms with van der Waals surface area (Å²) < 4.78 is 2.14. The molecule has 20 heavy (non-hydrogen) atoms. The summed E-state index contributed by atoms with van der Waals surface area (Å²) in [4.78, 5) is 8.38. The average Bonchev–Trinajstić information content (AvgIpc) is 3.12. The summed E-state index contributed by atoms with van der Waals surface area (Å²) in [5, 5.41) is 2.91. The summed E-state index contributed by atoms with van der Waals surface area (Å²) in [7, 11) is 2.11. The highest BCUT2D eigenvalue weighted by Crippen LogP contribution is 2.31. The molecule has 0 bridgehead atoms. The Balaban J connectivity index is 2.05. The number of anilines is 1. The summed E-state index contributed by atoms with van der Waals surface area (Å²) >= 11 is 5.38. The first-order valence-electron chi connectivity index (χ1n) is 6.50. The molecule has 0 radical (unpaired) electrons. The van der Waals surface area contributed by atoms with Crippen LogP contribution in [0.25, 0.3) is 5.65 Å². The molecular weight excluding hydrogens is 334 g/mol. The average molecular weight is 350 g/mol. The molecule has 0 aliphatic rings. The molecule has 0 fully saturated rings. The summed E-state index contributed by atoms with van der Waals surface area (Å²) in [6.07, 6.45) is 2.06. The van der Waals surface area contributed by atoms with Crippen LogP contribution in [0, 0.1) is 0 Å². The Labute approximate surface area is 131 Å². The molecule has 0 aliphatic carbocycles. The Morgan fingerprint density at radius 3 is 2.90 bits per heavy atom. The van der Waals surface area contributed by atoms with Crippen molar-refractivity contribution in [2.24, 2.45) is 0 Å². The molecule has 0 saturated carbocycles. The van der Waals surface area contributed by atoms with Crippen LogP contribution >= 0.6 is 27.3 Å². The van der Waals surface area contributed by atoms with Crippen LogP contribution in [-0.2, 0) is 5.33 Å². The highest BCUT2D eigenvalue weighted by atomic mass is 79.9. The molecule has 104 valence electrons. The number of fused-ring (bicyclic) bond motifs is 1. The van der Waals surface area contributed by atoms with Crippen molar-refractivity contribution in [3.63, 3.8) is 0 Å². The summed E-state index contributed by atoms with van der Waals surface area (Å²) in [5.41, 5.74) is 2.17. The number of halogens is 1. The monoisotopic (exact) mass is 349 g/mol. The van der Waals surface area contributed by atoms with Gasteiger partial charge in [0, 0.05) is 23.5 Å². The minimum Gasteiger partial charge on any atom is -0.351 e. The molecule has 3 rings (SSSR count). The van der Waals surface area contributed by atoms with E-state index >= 15 is 0 Å². The summed E-state index contributed by atoms with van der Waals surface area (Å²) in [6, 6.07) is 10.7. The molecule has 5 heteroatoms. The lowest BCUT2D eigenvalue weighted by Crippen LogP contribution is -2.22. The lowest BCUT2D eigenvalue weighted by molar-refractivity contribution is 0.741. The number of imidazole rings is 1. The number of alkyl halides is 1. The van der Waals surface area contributed by atoms with Gasteiger partial charge in [-0.15, -0.1) is 11.3 Å². The van der Waals surface area contributed by atoms with Gasteiger partial charge in [0.2, 0.25) is 0 Å². The van der Waals surface area contributed by atoms with Gasteiger partial charge in [0.25, 0.3) is 0 Å². The second-order valence-electron chi connectivity index (χ2n) is 4.75. The molecule has 3 aromatic rings. The normalized spacial score (nSPS) is 12.8. The third kappa shape index (κ3) is 2.25.